The third-order valence-electron chi connectivity index (χ3n) is 4.82. The van der Waals surface area contributed by atoms with Crippen LogP contribution in [0.5, 0.6) is 0 Å². The number of fused-ring (bicyclic) bond motifs is 2. The Morgan fingerprint density at radius 2 is 1.17 bits per heavy atom. The average molecular weight is 321 g/mol. The minimum atomic E-state index is 0.141. The van der Waals surface area contributed by atoms with Gasteiger partial charge >= 0.3 is 0 Å². The fourth-order valence-corrected chi connectivity index (χ4v) is 3.20. The van der Waals surface area contributed by atoms with E-state index in [9.17, 15) is 0 Å². The Labute approximate surface area is 146 Å². The molecule has 2 heteroatoms. The molecule has 0 spiro atoms. The molecule has 2 nitrogen and oxygen atoms in total. The number of anilines is 2. The summed E-state index contributed by atoms with van der Waals surface area (Å²) in [6.07, 6.45) is 0. The Morgan fingerprint density at radius 3 is 1.50 bits per heavy atom. The summed E-state index contributed by atoms with van der Waals surface area (Å²) in [5.74, 6) is 0. The Bertz CT molecular complexity index is 697. The van der Waals surface area contributed by atoms with Crippen LogP contribution >= 0.6 is 0 Å². The zero-order valence-corrected chi connectivity index (χ0v) is 16.1. The van der Waals surface area contributed by atoms with E-state index in [0.717, 1.165) is 17.9 Å². The fourth-order valence-electron chi connectivity index (χ4n) is 3.20. The van der Waals surface area contributed by atoms with E-state index >= 15 is 0 Å². The SMILES string of the molecule is CCN1c2cc(C(C)(C)C)ccc2[N]c2ccc(C(C)(C)C)cc21. The second kappa shape index (κ2) is 5.54. The molecular formula is C22H29N2. The molecule has 0 amide bonds. The van der Waals surface area contributed by atoms with Crippen molar-refractivity contribution in [2.45, 2.75) is 59.3 Å². The lowest BCUT2D eigenvalue weighted by molar-refractivity contribution is 0.589. The molecule has 3 rings (SSSR count). The molecule has 1 radical (unpaired) electrons. The van der Waals surface area contributed by atoms with Crippen LogP contribution in [0.15, 0.2) is 36.4 Å². The van der Waals surface area contributed by atoms with E-state index in [1.165, 1.54) is 22.5 Å². The summed E-state index contributed by atoms with van der Waals surface area (Å²) in [7, 11) is 0. The molecule has 2 aromatic carbocycles. The number of benzene rings is 2. The molecule has 0 saturated carbocycles. The highest BCUT2D eigenvalue weighted by atomic mass is 15.2. The van der Waals surface area contributed by atoms with Crippen LogP contribution in [0.4, 0.5) is 22.7 Å². The number of nitrogens with zero attached hydrogens (tertiary/aromatic N) is 2. The van der Waals surface area contributed by atoms with E-state index < -0.39 is 0 Å². The van der Waals surface area contributed by atoms with Crippen molar-refractivity contribution in [3.8, 4) is 0 Å². The molecular weight excluding hydrogens is 292 g/mol. The van der Waals surface area contributed by atoms with E-state index in [-0.39, 0.29) is 10.8 Å². The predicted octanol–water partition coefficient (Wildman–Crippen LogP) is 6.32. The Balaban J connectivity index is 2.13. The second-order valence-corrected chi connectivity index (χ2v) is 8.76. The molecule has 0 saturated heterocycles. The molecule has 0 aliphatic carbocycles. The van der Waals surface area contributed by atoms with Gasteiger partial charge in [-0.25, -0.2) is 5.32 Å². The summed E-state index contributed by atoms with van der Waals surface area (Å²) in [4.78, 5) is 2.40. The molecule has 0 fully saturated rings. The van der Waals surface area contributed by atoms with Crippen molar-refractivity contribution in [2.24, 2.45) is 0 Å². The smallest absolute Gasteiger partial charge is 0.0874 e. The van der Waals surface area contributed by atoms with E-state index in [1.54, 1.807) is 0 Å². The molecule has 2 aromatic rings. The van der Waals surface area contributed by atoms with Crippen molar-refractivity contribution in [3.05, 3.63) is 47.5 Å². The molecule has 0 aromatic heterocycles. The maximum atomic E-state index is 4.91. The highest BCUT2D eigenvalue weighted by Gasteiger charge is 2.26. The van der Waals surface area contributed by atoms with Gasteiger partial charge in [-0.3, -0.25) is 0 Å². The minimum Gasteiger partial charge on any atom is -0.338 e. The largest absolute Gasteiger partial charge is 0.338 e. The van der Waals surface area contributed by atoms with Crippen LogP contribution in [0.1, 0.15) is 59.6 Å². The van der Waals surface area contributed by atoms with Crippen molar-refractivity contribution >= 4 is 22.7 Å². The van der Waals surface area contributed by atoms with Gasteiger partial charge in [-0.1, -0.05) is 53.7 Å². The first-order chi connectivity index (χ1) is 11.1. The Hall–Kier alpha value is -1.96. The van der Waals surface area contributed by atoms with Gasteiger partial charge in [0.05, 0.1) is 22.7 Å². The van der Waals surface area contributed by atoms with Crippen molar-refractivity contribution < 1.29 is 0 Å². The van der Waals surface area contributed by atoms with Crippen LogP contribution in [0.2, 0.25) is 0 Å². The van der Waals surface area contributed by atoms with Crippen molar-refractivity contribution in [1.29, 1.82) is 0 Å². The normalized spacial score (nSPS) is 14.0. The molecule has 24 heavy (non-hydrogen) atoms. The molecule has 1 aliphatic heterocycles. The predicted molar refractivity (Wildman–Crippen MR) is 104 cm³/mol. The summed E-state index contributed by atoms with van der Waals surface area (Å²) >= 11 is 0. The zero-order chi connectivity index (χ0) is 17.7. The summed E-state index contributed by atoms with van der Waals surface area (Å²) in [5.41, 5.74) is 7.58. The molecule has 0 unspecified atom stereocenters. The second-order valence-electron chi connectivity index (χ2n) is 8.76. The van der Waals surface area contributed by atoms with Crippen molar-refractivity contribution in [3.63, 3.8) is 0 Å². The quantitative estimate of drug-likeness (QED) is 0.600. The molecule has 1 heterocycles. The molecule has 1 aliphatic rings. The van der Waals surface area contributed by atoms with Crippen molar-refractivity contribution in [1.82, 2.24) is 5.32 Å². The van der Waals surface area contributed by atoms with Crippen LogP contribution in [0.3, 0.4) is 0 Å². The zero-order valence-electron chi connectivity index (χ0n) is 16.1. The highest BCUT2D eigenvalue weighted by Crippen LogP contribution is 2.46. The third-order valence-corrected chi connectivity index (χ3v) is 4.82. The van der Waals surface area contributed by atoms with Crippen LogP contribution in [-0.2, 0) is 10.8 Å². The summed E-state index contributed by atoms with van der Waals surface area (Å²) in [5, 5.41) is 4.91. The van der Waals surface area contributed by atoms with Crippen LogP contribution in [-0.4, -0.2) is 6.54 Å². The van der Waals surface area contributed by atoms with Crippen molar-refractivity contribution in [2.75, 3.05) is 11.4 Å². The van der Waals surface area contributed by atoms with E-state index in [4.69, 9.17) is 5.32 Å². The van der Waals surface area contributed by atoms with Gasteiger partial charge in [0.25, 0.3) is 0 Å². The minimum absolute atomic E-state index is 0.141. The maximum Gasteiger partial charge on any atom is 0.0874 e. The van der Waals surface area contributed by atoms with E-state index in [1.807, 2.05) is 0 Å². The standard InChI is InChI=1S/C22H29N2/c1-8-24-19-13-15(21(2,3)4)9-11-17(19)23-18-12-10-16(14-20(18)24)22(5,6)7/h9-14H,8H2,1-7H3. The van der Waals surface area contributed by atoms with Gasteiger partial charge in [0.2, 0.25) is 0 Å². The first-order valence-corrected chi connectivity index (χ1v) is 8.89. The Kier molecular flexibility index (Phi) is 3.90. The monoisotopic (exact) mass is 321 g/mol. The maximum absolute atomic E-state index is 4.91. The van der Waals surface area contributed by atoms with Gasteiger partial charge in [0, 0.05) is 6.54 Å². The summed E-state index contributed by atoms with van der Waals surface area (Å²) in [6, 6.07) is 13.4. The highest BCUT2D eigenvalue weighted by molar-refractivity contribution is 5.87. The lowest BCUT2D eigenvalue weighted by atomic mass is 9.85. The first-order valence-electron chi connectivity index (χ1n) is 8.89. The number of rotatable bonds is 1. The molecule has 127 valence electrons. The first kappa shape index (κ1) is 16.9. The van der Waals surface area contributed by atoms with Gasteiger partial charge in [-0.05, 0) is 53.1 Å². The third kappa shape index (κ3) is 2.90. The van der Waals surface area contributed by atoms with Gasteiger partial charge in [-0.2, -0.15) is 0 Å². The summed E-state index contributed by atoms with van der Waals surface area (Å²) in [6.45, 7) is 16.7. The molecule has 0 bridgehead atoms. The van der Waals surface area contributed by atoms with Crippen LogP contribution in [0, 0.1) is 0 Å². The molecule has 0 atom stereocenters. The fraction of sp³-hybridized carbons (Fsp3) is 0.455. The van der Waals surface area contributed by atoms with Gasteiger partial charge < -0.3 is 4.90 Å². The van der Waals surface area contributed by atoms with Crippen LogP contribution < -0.4 is 10.2 Å². The lowest BCUT2D eigenvalue weighted by Gasteiger charge is -2.34. The van der Waals surface area contributed by atoms with E-state index in [0.29, 0.717) is 0 Å². The number of hydrogen-bond donors (Lipinski definition) is 0. The van der Waals surface area contributed by atoms with Gasteiger partial charge in [0.1, 0.15) is 0 Å². The van der Waals surface area contributed by atoms with E-state index in [2.05, 4.69) is 89.8 Å². The van der Waals surface area contributed by atoms with Crippen LogP contribution in [0.25, 0.3) is 0 Å². The van der Waals surface area contributed by atoms with Gasteiger partial charge in [0.15, 0.2) is 0 Å². The van der Waals surface area contributed by atoms with Gasteiger partial charge in [-0.15, -0.1) is 0 Å². The average Bonchev–Trinajstić information content (AvgIpc) is 2.49. The Morgan fingerprint density at radius 1 is 0.750 bits per heavy atom. The topological polar surface area (TPSA) is 17.3 Å². The molecule has 0 N–H and O–H groups in total. The summed E-state index contributed by atoms with van der Waals surface area (Å²) < 4.78 is 0. The lowest BCUT2D eigenvalue weighted by Crippen LogP contribution is -2.24. The number of hydrogen-bond acceptors (Lipinski definition) is 1.